The van der Waals surface area contributed by atoms with E-state index in [1.165, 1.54) is 119 Å². The second kappa shape index (κ2) is 11.7. The van der Waals surface area contributed by atoms with Crippen molar-refractivity contribution in [3.05, 3.63) is 193 Å². The maximum Gasteiger partial charge on any atom is 0.0361 e. The van der Waals surface area contributed by atoms with Crippen molar-refractivity contribution >= 4 is 74.6 Å². The number of fused-ring (bicyclic) bond motifs is 11. The van der Waals surface area contributed by atoms with Gasteiger partial charge in [0.1, 0.15) is 0 Å². The van der Waals surface area contributed by atoms with Gasteiger partial charge in [-0.25, -0.2) is 0 Å². The fourth-order valence-electron chi connectivity index (χ4n) is 10.1. The Hall–Kier alpha value is -6.54. The molecule has 1 heteroatoms. The Morgan fingerprint density at radius 2 is 0.893 bits per heavy atom. The second-order valence-corrected chi connectivity index (χ2v) is 17.1. The van der Waals surface area contributed by atoms with Gasteiger partial charge in [0.2, 0.25) is 0 Å². The van der Waals surface area contributed by atoms with Crippen LogP contribution in [0.5, 0.6) is 0 Å². The summed E-state index contributed by atoms with van der Waals surface area (Å²) in [6.45, 7) is 4.82. The van der Waals surface area contributed by atoms with Gasteiger partial charge in [0.05, 0.1) is 0 Å². The van der Waals surface area contributed by atoms with E-state index in [4.69, 9.17) is 0 Å². The quantitative estimate of drug-likeness (QED) is 0.159. The molecule has 0 bridgehead atoms. The summed E-state index contributed by atoms with van der Waals surface area (Å²) in [5, 5.41) is 13.0. The Labute approximate surface area is 329 Å². The molecule has 0 N–H and O–H groups in total. The first kappa shape index (κ1) is 31.8. The van der Waals surface area contributed by atoms with Gasteiger partial charge in [0.25, 0.3) is 0 Å². The lowest BCUT2D eigenvalue weighted by atomic mass is 9.79. The summed E-state index contributed by atoms with van der Waals surface area (Å²) in [5.41, 5.74) is 13.0. The van der Waals surface area contributed by atoms with E-state index in [2.05, 4.69) is 196 Å². The van der Waals surface area contributed by atoms with Crippen LogP contribution in [0, 0.1) is 0 Å². The Kier molecular flexibility index (Phi) is 6.66. The molecular weight excluding hydrogens is 693 g/mol. The summed E-state index contributed by atoms with van der Waals surface area (Å²) in [5.74, 6) is 0. The standard InChI is InChI=1S/C55H36S/c1-55(2)49-31-36(24-26-41(49)47-29-22-34-13-4-6-16-40(34)54(47)55)52-44-18-7-8-19-45(44)53(37-25-27-43-42-17-9-10-21-50(42)56-51(43)32-37)48-30-35(23-28-46(48)52)39-20-11-14-33-12-3-5-15-38(33)39/h3-32H,1-2H3. The molecule has 10 aromatic carbocycles. The highest BCUT2D eigenvalue weighted by atomic mass is 32.1. The Bertz CT molecular complexity index is 3440. The normalized spacial score (nSPS) is 13.3. The van der Waals surface area contributed by atoms with Gasteiger partial charge in [-0.15, -0.1) is 11.3 Å². The molecule has 0 saturated carbocycles. The average molecular weight is 729 g/mol. The molecule has 0 spiro atoms. The largest absolute Gasteiger partial charge is 0.135 e. The van der Waals surface area contributed by atoms with Crippen LogP contribution in [0.2, 0.25) is 0 Å². The summed E-state index contributed by atoms with van der Waals surface area (Å²) in [7, 11) is 0. The third-order valence-corrected chi connectivity index (χ3v) is 13.8. The highest BCUT2D eigenvalue weighted by Crippen LogP contribution is 2.54. The van der Waals surface area contributed by atoms with Crippen LogP contribution in [0.3, 0.4) is 0 Å². The second-order valence-electron chi connectivity index (χ2n) is 16.0. The van der Waals surface area contributed by atoms with Crippen molar-refractivity contribution in [2.75, 3.05) is 0 Å². The zero-order valence-electron chi connectivity index (χ0n) is 31.2. The van der Waals surface area contributed by atoms with Crippen molar-refractivity contribution in [2.24, 2.45) is 0 Å². The van der Waals surface area contributed by atoms with Gasteiger partial charge >= 0.3 is 0 Å². The molecule has 0 radical (unpaired) electrons. The van der Waals surface area contributed by atoms with Gasteiger partial charge in [0.15, 0.2) is 0 Å². The van der Waals surface area contributed by atoms with E-state index in [9.17, 15) is 0 Å². The number of rotatable bonds is 3. The maximum absolute atomic E-state index is 2.51. The van der Waals surface area contributed by atoms with E-state index in [-0.39, 0.29) is 5.41 Å². The lowest BCUT2D eigenvalue weighted by Crippen LogP contribution is -2.15. The third kappa shape index (κ3) is 4.47. The first-order valence-corrected chi connectivity index (χ1v) is 20.4. The molecular formula is C55H36S. The fraction of sp³-hybridized carbons (Fsp3) is 0.0545. The van der Waals surface area contributed by atoms with Gasteiger partial charge < -0.3 is 0 Å². The van der Waals surface area contributed by atoms with Crippen molar-refractivity contribution < 1.29 is 0 Å². The van der Waals surface area contributed by atoms with Crippen LogP contribution >= 0.6 is 11.3 Å². The molecule has 0 unspecified atom stereocenters. The van der Waals surface area contributed by atoms with Crippen LogP contribution in [-0.4, -0.2) is 0 Å². The molecule has 0 aliphatic heterocycles. The average Bonchev–Trinajstić information content (AvgIpc) is 3.73. The van der Waals surface area contributed by atoms with Crippen molar-refractivity contribution in [1.29, 1.82) is 0 Å². The van der Waals surface area contributed by atoms with Gasteiger partial charge in [-0.05, 0) is 123 Å². The Balaban J connectivity index is 1.15. The Morgan fingerprint density at radius 1 is 0.339 bits per heavy atom. The van der Waals surface area contributed by atoms with Gasteiger partial charge in [-0.1, -0.05) is 172 Å². The van der Waals surface area contributed by atoms with Crippen LogP contribution in [0.25, 0.3) is 108 Å². The minimum atomic E-state index is -0.145. The topological polar surface area (TPSA) is 0 Å². The zero-order valence-corrected chi connectivity index (χ0v) is 32.0. The molecule has 12 rings (SSSR count). The predicted molar refractivity (Wildman–Crippen MR) is 243 cm³/mol. The summed E-state index contributed by atoms with van der Waals surface area (Å²) in [6, 6.07) is 68.4. The number of thiophene rings is 1. The highest BCUT2D eigenvalue weighted by Gasteiger charge is 2.37. The molecule has 0 nitrogen and oxygen atoms in total. The van der Waals surface area contributed by atoms with Crippen LogP contribution in [0.15, 0.2) is 182 Å². The predicted octanol–water partition coefficient (Wildman–Crippen LogP) is 16.0. The van der Waals surface area contributed by atoms with Crippen molar-refractivity contribution in [2.45, 2.75) is 19.3 Å². The van der Waals surface area contributed by atoms with Crippen molar-refractivity contribution in [1.82, 2.24) is 0 Å². The summed E-state index contributed by atoms with van der Waals surface area (Å²) < 4.78 is 2.65. The highest BCUT2D eigenvalue weighted by molar-refractivity contribution is 7.25. The molecule has 0 saturated heterocycles. The molecule has 0 fully saturated rings. The van der Waals surface area contributed by atoms with Crippen LogP contribution in [0.1, 0.15) is 25.0 Å². The minimum Gasteiger partial charge on any atom is -0.135 e. The first-order valence-electron chi connectivity index (χ1n) is 19.6. The van der Waals surface area contributed by atoms with E-state index in [1.54, 1.807) is 0 Å². The van der Waals surface area contributed by atoms with Crippen LogP contribution in [-0.2, 0) is 5.41 Å². The van der Waals surface area contributed by atoms with Gasteiger partial charge in [0, 0.05) is 25.6 Å². The summed E-state index contributed by atoms with van der Waals surface area (Å²) >= 11 is 1.89. The molecule has 56 heavy (non-hydrogen) atoms. The van der Waals surface area contributed by atoms with Crippen LogP contribution < -0.4 is 0 Å². The lowest BCUT2D eigenvalue weighted by molar-refractivity contribution is 0.666. The van der Waals surface area contributed by atoms with Crippen LogP contribution in [0.4, 0.5) is 0 Å². The van der Waals surface area contributed by atoms with Crippen molar-refractivity contribution in [3.8, 4) is 44.5 Å². The monoisotopic (exact) mass is 728 g/mol. The number of hydrogen-bond acceptors (Lipinski definition) is 1. The first-order chi connectivity index (χ1) is 27.5. The maximum atomic E-state index is 2.51. The molecule has 262 valence electrons. The lowest BCUT2D eigenvalue weighted by Gasteiger charge is -2.24. The molecule has 11 aromatic rings. The SMILES string of the molecule is CC1(C)c2cc(-c3c4ccccc4c(-c4ccc5c(c4)sc4ccccc45)c4cc(-c5cccc6ccccc56)ccc34)ccc2-c2ccc3ccccc3c21. The van der Waals surface area contributed by atoms with E-state index >= 15 is 0 Å². The minimum absolute atomic E-state index is 0.145. The summed E-state index contributed by atoms with van der Waals surface area (Å²) in [6.07, 6.45) is 0. The molecule has 1 aromatic heterocycles. The fourth-order valence-corrected chi connectivity index (χ4v) is 11.2. The molecule has 1 aliphatic rings. The van der Waals surface area contributed by atoms with E-state index in [0.29, 0.717) is 0 Å². The van der Waals surface area contributed by atoms with E-state index in [0.717, 1.165) is 0 Å². The summed E-state index contributed by atoms with van der Waals surface area (Å²) in [4.78, 5) is 0. The zero-order chi connectivity index (χ0) is 37.1. The number of hydrogen-bond donors (Lipinski definition) is 0. The van der Waals surface area contributed by atoms with Gasteiger partial charge in [-0.2, -0.15) is 0 Å². The number of benzene rings is 10. The smallest absolute Gasteiger partial charge is 0.0361 e. The Morgan fingerprint density at radius 3 is 1.71 bits per heavy atom. The molecule has 0 amide bonds. The van der Waals surface area contributed by atoms with Crippen molar-refractivity contribution in [3.63, 3.8) is 0 Å². The van der Waals surface area contributed by atoms with Gasteiger partial charge in [-0.3, -0.25) is 0 Å². The van der Waals surface area contributed by atoms with E-state index < -0.39 is 0 Å². The molecule has 1 aliphatic carbocycles. The molecule has 1 heterocycles. The third-order valence-electron chi connectivity index (χ3n) is 12.6. The van der Waals surface area contributed by atoms with E-state index in [1.807, 2.05) is 11.3 Å². The molecule has 0 atom stereocenters.